The van der Waals surface area contributed by atoms with E-state index in [1.165, 1.54) is 0 Å². The van der Waals surface area contributed by atoms with Crippen molar-refractivity contribution in [3.8, 4) is 11.1 Å². The molecule has 3 heterocycles. The van der Waals surface area contributed by atoms with E-state index in [0.29, 0.717) is 32.6 Å². The number of rotatable bonds is 7. The van der Waals surface area contributed by atoms with Crippen LogP contribution < -0.4 is 0 Å². The van der Waals surface area contributed by atoms with Gasteiger partial charge in [0.05, 0.1) is 12.3 Å². The average molecular weight is 441 g/mol. The normalized spacial score (nSPS) is 16.4. The van der Waals surface area contributed by atoms with E-state index in [1.807, 2.05) is 53.6 Å². The monoisotopic (exact) mass is 440 g/mol. The maximum atomic E-state index is 13.3. The zero-order valence-electron chi connectivity index (χ0n) is 18.6. The van der Waals surface area contributed by atoms with E-state index in [4.69, 9.17) is 0 Å². The number of carbonyl (C=O) groups excluding carboxylic acids is 2. The van der Waals surface area contributed by atoms with Gasteiger partial charge in [0.1, 0.15) is 0 Å². The molecule has 1 aromatic carbocycles. The fourth-order valence-corrected chi connectivity index (χ4v) is 4.25. The number of amides is 2. The van der Waals surface area contributed by atoms with E-state index in [9.17, 15) is 9.59 Å². The molecular weight excluding hydrogens is 412 g/mol. The molecule has 1 aliphatic heterocycles. The molecule has 0 aliphatic carbocycles. The maximum Gasteiger partial charge on any atom is 0.228 e. The summed E-state index contributed by atoms with van der Waals surface area (Å²) in [6.07, 6.45) is 9.59. The molecule has 6 heteroatoms. The molecule has 1 aliphatic rings. The highest BCUT2D eigenvalue weighted by Gasteiger charge is 2.32. The number of pyridine rings is 2. The molecule has 4 rings (SSSR count). The van der Waals surface area contributed by atoms with Gasteiger partial charge < -0.3 is 9.80 Å². The van der Waals surface area contributed by atoms with Crippen LogP contribution >= 0.6 is 0 Å². The third kappa shape index (κ3) is 5.71. The first kappa shape index (κ1) is 22.4. The SMILES string of the molecule is C=CCN1CCN(C(=O)Cc2cccnc2)CC(Cc2cccc(-c3cccnc3)c2)C1=O. The lowest BCUT2D eigenvalue weighted by molar-refractivity contribution is -0.134. The molecule has 0 bridgehead atoms. The quantitative estimate of drug-likeness (QED) is 0.528. The van der Waals surface area contributed by atoms with Gasteiger partial charge in [0.2, 0.25) is 11.8 Å². The molecule has 1 atom stereocenters. The highest BCUT2D eigenvalue weighted by molar-refractivity contribution is 5.83. The Morgan fingerprint density at radius 3 is 2.48 bits per heavy atom. The summed E-state index contributed by atoms with van der Waals surface area (Å²) in [6, 6.07) is 15.9. The lowest BCUT2D eigenvalue weighted by Gasteiger charge is -2.24. The van der Waals surface area contributed by atoms with Crippen molar-refractivity contribution < 1.29 is 9.59 Å². The van der Waals surface area contributed by atoms with Gasteiger partial charge >= 0.3 is 0 Å². The Balaban J connectivity index is 1.54. The van der Waals surface area contributed by atoms with Crippen LogP contribution in [0.2, 0.25) is 0 Å². The Kier molecular flexibility index (Phi) is 7.25. The van der Waals surface area contributed by atoms with Crippen LogP contribution in [0, 0.1) is 5.92 Å². The number of hydrogen-bond acceptors (Lipinski definition) is 4. The fraction of sp³-hybridized carbons (Fsp3) is 0.259. The second-order valence-electron chi connectivity index (χ2n) is 8.29. The molecule has 1 fully saturated rings. The predicted octanol–water partition coefficient (Wildman–Crippen LogP) is 3.40. The second kappa shape index (κ2) is 10.7. The standard InChI is InChI=1S/C27H28N4O2/c1-2-12-30-13-14-31(26(32)17-22-7-4-10-28-18-22)20-25(27(30)33)16-21-6-3-8-23(15-21)24-9-5-11-29-19-24/h2-11,15,18-19,25H,1,12-14,16-17,20H2. The smallest absolute Gasteiger partial charge is 0.228 e. The maximum absolute atomic E-state index is 13.3. The van der Waals surface area contributed by atoms with E-state index in [-0.39, 0.29) is 24.2 Å². The zero-order valence-corrected chi connectivity index (χ0v) is 18.6. The van der Waals surface area contributed by atoms with Crippen LogP contribution in [0.25, 0.3) is 11.1 Å². The summed E-state index contributed by atoms with van der Waals surface area (Å²) < 4.78 is 0. The Bertz CT molecular complexity index is 1100. The number of hydrogen-bond donors (Lipinski definition) is 0. The molecule has 1 unspecified atom stereocenters. The van der Waals surface area contributed by atoms with Crippen molar-refractivity contribution in [3.63, 3.8) is 0 Å². The molecule has 2 aromatic heterocycles. The van der Waals surface area contributed by atoms with Gasteiger partial charge in [-0.2, -0.15) is 0 Å². The van der Waals surface area contributed by atoms with E-state index < -0.39 is 0 Å². The molecule has 3 aromatic rings. The highest BCUT2D eigenvalue weighted by Crippen LogP contribution is 2.23. The van der Waals surface area contributed by atoms with Gasteiger partial charge in [-0.3, -0.25) is 19.6 Å². The van der Waals surface area contributed by atoms with Crippen LogP contribution in [-0.2, 0) is 22.4 Å². The fourth-order valence-electron chi connectivity index (χ4n) is 4.25. The third-order valence-corrected chi connectivity index (χ3v) is 5.93. The third-order valence-electron chi connectivity index (χ3n) is 5.93. The first-order valence-electron chi connectivity index (χ1n) is 11.2. The Labute approximate surface area is 194 Å². The lowest BCUT2D eigenvalue weighted by atomic mass is 9.95. The zero-order chi connectivity index (χ0) is 23.0. The highest BCUT2D eigenvalue weighted by atomic mass is 16.2. The van der Waals surface area contributed by atoms with Crippen LogP contribution in [-0.4, -0.2) is 57.8 Å². The van der Waals surface area contributed by atoms with Gasteiger partial charge in [-0.1, -0.05) is 42.5 Å². The molecule has 0 N–H and O–H groups in total. The van der Waals surface area contributed by atoms with Crippen LogP contribution in [0.1, 0.15) is 11.1 Å². The van der Waals surface area contributed by atoms with Crippen LogP contribution in [0.3, 0.4) is 0 Å². The molecule has 6 nitrogen and oxygen atoms in total. The Hall–Kier alpha value is -3.80. The first-order chi connectivity index (χ1) is 16.1. The van der Waals surface area contributed by atoms with Gasteiger partial charge in [0.25, 0.3) is 0 Å². The minimum atomic E-state index is -0.311. The van der Waals surface area contributed by atoms with Crippen molar-refractivity contribution in [1.29, 1.82) is 0 Å². The van der Waals surface area contributed by atoms with Crippen molar-refractivity contribution in [2.45, 2.75) is 12.8 Å². The molecule has 2 amide bonds. The summed E-state index contributed by atoms with van der Waals surface area (Å²) in [5.41, 5.74) is 4.04. The van der Waals surface area contributed by atoms with Crippen LogP contribution in [0.4, 0.5) is 0 Å². The van der Waals surface area contributed by atoms with E-state index in [2.05, 4.69) is 22.6 Å². The average Bonchev–Trinajstić information content (AvgIpc) is 3.00. The number of carbonyl (C=O) groups is 2. The largest absolute Gasteiger partial charge is 0.340 e. The van der Waals surface area contributed by atoms with Crippen LogP contribution in [0.15, 0.2) is 86.0 Å². The summed E-state index contributed by atoms with van der Waals surface area (Å²) in [4.78, 5) is 38.4. The summed E-state index contributed by atoms with van der Waals surface area (Å²) in [6.45, 7) is 5.71. The van der Waals surface area contributed by atoms with Gasteiger partial charge in [-0.25, -0.2) is 0 Å². The van der Waals surface area contributed by atoms with Crippen molar-refractivity contribution in [2.75, 3.05) is 26.2 Å². The first-order valence-corrected chi connectivity index (χ1v) is 11.2. The molecule has 0 radical (unpaired) electrons. The number of benzene rings is 1. The molecular formula is C27H28N4O2. The molecule has 33 heavy (non-hydrogen) atoms. The Morgan fingerprint density at radius 2 is 1.76 bits per heavy atom. The summed E-state index contributed by atoms with van der Waals surface area (Å²) >= 11 is 0. The van der Waals surface area contributed by atoms with Crippen molar-refractivity contribution >= 4 is 11.8 Å². The number of nitrogens with zero attached hydrogens (tertiary/aromatic N) is 4. The van der Waals surface area contributed by atoms with Gasteiger partial charge in [0, 0.05) is 51.0 Å². The predicted molar refractivity (Wildman–Crippen MR) is 128 cm³/mol. The van der Waals surface area contributed by atoms with Gasteiger partial charge in [-0.05, 0) is 40.8 Å². The van der Waals surface area contributed by atoms with E-state index in [1.54, 1.807) is 29.6 Å². The molecule has 0 spiro atoms. The minimum absolute atomic E-state index is 0.0189. The van der Waals surface area contributed by atoms with E-state index >= 15 is 0 Å². The van der Waals surface area contributed by atoms with Crippen molar-refractivity contribution in [1.82, 2.24) is 19.8 Å². The Morgan fingerprint density at radius 1 is 1.00 bits per heavy atom. The van der Waals surface area contributed by atoms with Crippen LogP contribution in [0.5, 0.6) is 0 Å². The summed E-state index contributed by atoms with van der Waals surface area (Å²) in [5, 5.41) is 0. The molecule has 1 saturated heterocycles. The molecule has 168 valence electrons. The van der Waals surface area contributed by atoms with Gasteiger partial charge in [0.15, 0.2) is 0 Å². The lowest BCUT2D eigenvalue weighted by Crippen LogP contribution is -2.38. The number of aromatic nitrogens is 2. The van der Waals surface area contributed by atoms with Crippen molar-refractivity contribution in [2.24, 2.45) is 5.92 Å². The topological polar surface area (TPSA) is 66.4 Å². The summed E-state index contributed by atoms with van der Waals surface area (Å²) in [7, 11) is 0. The summed E-state index contributed by atoms with van der Waals surface area (Å²) in [5.74, 6) is -0.224. The van der Waals surface area contributed by atoms with E-state index in [0.717, 1.165) is 22.3 Å². The van der Waals surface area contributed by atoms with Gasteiger partial charge in [-0.15, -0.1) is 6.58 Å². The second-order valence-corrected chi connectivity index (χ2v) is 8.29. The minimum Gasteiger partial charge on any atom is -0.340 e. The molecule has 0 saturated carbocycles. The van der Waals surface area contributed by atoms with Crippen molar-refractivity contribution in [3.05, 3.63) is 97.1 Å².